The van der Waals surface area contributed by atoms with Gasteiger partial charge in [-0.3, -0.25) is 18.8 Å². The van der Waals surface area contributed by atoms with Gasteiger partial charge in [-0.25, -0.2) is 9.97 Å². The van der Waals surface area contributed by atoms with E-state index in [0.717, 1.165) is 51.8 Å². The molecule has 3 aromatic heterocycles. The summed E-state index contributed by atoms with van der Waals surface area (Å²) in [5.74, 6) is 0.165. The van der Waals surface area contributed by atoms with E-state index in [1.54, 1.807) is 16.8 Å². The summed E-state index contributed by atoms with van der Waals surface area (Å²) in [6, 6.07) is 20.0. The van der Waals surface area contributed by atoms with Crippen molar-refractivity contribution in [2.75, 3.05) is 13.1 Å². The summed E-state index contributed by atoms with van der Waals surface area (Å²) < 4.78 is 1.56. The van der Waals surface area contributed by atoms with Crippen molar-refractivity contribution in [1.29, 1.82) is 0 Å². The van der Waals surface area contributed by atoms with Crippen LogP contribution in [0.15, 0.2) is 77.9 Å². The van der Waals surface area contributed by atoms with E-state index in [4.69, 9.17) is 23.2 Å². The minimum atomic E-state index is -0.129. The summed E-state index contributed by atoms with van der Waals surface area (Å²) in [5, 5.41) is 13.5. The Bertz CT molecular complexity index is 2170. The lowest BCUT2D eigenvalue weighted by Crippen LogP contribution is -2.36. The number of rotatable bonds is 11. The van der Waals surface area contributed by atoms with Crippen molar-refractivity contribution >= 4 is 40.7 Å². The number of hydrogen-bond acceptors (Lipinski definition) is 7. The van der Waals surface area contributed by atoms with Gasteiger partial charge in [0, 0.05) is 85.8 Å². The fourth-order valence-corrected chi connectivity index (χ4v) is 7.29. The van der Waals surface area contributed by atoms with Gasteiger partial charge in [-0.1, -0.05) is 65.7 Å². The Balaban J connectivity index is 1.09. The van der Waals surface area contributed by atoms with Crippen LogP contribution in [0.25, 0.3) is 39.2 Å². The zero-order valence-corrected chi connectivity index (χ0v) is 29.1. The van der Waals surface area contributed by atoms with Crippen molar-refractivity contribution in [2.45, 2.75) is 57.8 Å². The quantitative estimate of drug-likeness (QED) is 0.134. The van der Waals surface area contributed by atoms with Crippen molar-refractivity contribution in [3.8, 4) is 33.5 Å². The second-order valence-corrected chi connectivity index (χ2v) is 13.6. The van der Waals surface area contributed by atoms with Gasteiger partial charge in [0.25, 0.3) is 5.56 Å². The summed E-state index contributed by atoms with van der Waals surface area (Å²) >= 11 is 13.7. The third-order valence-corrected chi connectivity index (χ3v) is 10.2. The molecule has 0 bridgehead atoms. The van der Waals surface area contributed by atoms with Crippen LogP contribution >= 0.6 is 23.2 Å². The number of pyridine rings is 2. The van der Waals surface area contributed by atoms with Crippen LogP contribution in [0.5, 0.6) is 0 Å². The monoisotopic (exact) mass is 709 g/mol. The molecule has 5 aromatic rings. The molecule has 2 aliphatic heterocycles. The van der Waals surface area contributed by atoms with Crippen molar-refractivity contribution < 1.29 is 9.59 Å². The van der Waals surface area contributed by atoms with E-state index in [-0.39, 0.29) is 29.5 Å². The molecule has 0 radical (unpaired) electrons. The first-order chi connectivity index (χ1) is 24.2. The lowest BCUT2D eigenvalue weighted by molar-refractivity contribution is -0.120. The average molecular weight is 711 g/mol. The van der Waals surface area contributed by atoms with Crippen LogP contribution in [-0.2, 0) is 22.7 Å². The third-order valence-electron chi connectivity index (χ3n) is 9.50. The number of carbonyl (C=O) groups is 2. The van der Waals surface area contributed by atoms with Crippen LogP contribution in [-0.4, -0.2) is 51.4 Å². The number of fused-ring (bicyclic) bond motifs is 1. The second kappa shape index (κ2) is 14.7. The largest absolute Gasteiger partial charge is 0.352 e. The van der Waals surface area contributed by atoms with Crippen LogP contribution < -0.4 is 26.8 Å². The Labute approximate surface area is 299 Å². The zero-order valence-electron chi connectivity index (χ0n) is 27.6. The predicted molar refractivity (Wildman–Crippen MR) is 196 cm³/mol. The SMILES string of the molecule is Cc1c(-c2ccn3c(=O)c(CNC[C@H]4CCC(=O)N4)cnc3c2)cccc1-c1cccc(-c2ccc(CNC[C@@H]3CCC(=O)N3)c(Cl)n2)c1Cl. The van der Waals surface area contributed by atoms with Crippen molar-refractivity contribution in [3.05, 3.63) is 110 Å². The van der Waals surface area contributed by atoms with E-state index in [1.807, 2.05) is 54.6 Å². The molecule has 2 fully saturated rings. The van der Waals surface area contributed by atoms with E-state index >= 15 is 0 Å². The molecule has 0 spiro atoms. The molecule has 256 valence electrons. The Kier molecular flexibility index (Phi) is 9.96. The Morgan fingerprint density at radius 1 is 0.800 bits per heavy atom. The molecule has 2 atom stereocenters. The Morgan fingerprint density at radius 3 is 2.10 bits per heavy atom. The zero-order chi connectivity index (χ0) is 34.8. The van der Waals surface area contributed by atoms with Gasteiger partial charge in [-0.05, 0) is 60.2 Å². The first-order valence-corrected chi connectivity index (χ1v) is 17.6. The number of halogens is 2. The minimum Gasteiger partial charge on any atom is -0.352 e. The van der Waals surface area contributed by atoms with Crippen LogP contribution in [0.1, 0.15) is 42.4 Å². The highest BCUT2D eigenvalue weighted by atomic mass is 35.5. The smallest absolute Gasteiger partial charge is 0.262 e. The van der Waals surface area contributed by atoms with Crippen LogP contribution in [0.4, 0.5) is 0 Å². The highest BCUT2D eigenvalue weighted by Gasteiger charge is 2.22. The average Bonchev–Trinajstić information content (AvgIpc) is 3.73. The van der Waals surface area contributed by atoms with E-state index in [0.29, 0.717) is 66.1 Å². The maximum atomic E-state index is 13.3. The highest BCUT2D eigenvalue weighted by Crippen LogP contribution is 2.40. The summed E-state index contributed by atoms with van der Waals surface area (Å²) in [7, 11) is 0. The van der Waals surface area contributed by atoms with E-state index in [1.165, 1.54) is 0 Å². The van der Waals surface area contributed by atoms with Gasteiger partial charge in [0.05, 0.1) is 10.7 Å². The fraction of sp³-hybridized carbons (Fsp3) is 0.289. The maximum absolute atomic E-state index is 13.3. The molecule has 0 aliphatic carbocycles. The molecule has 50 heavy (non-hydrogen) atoms. The van der Waals surface area contributed by atoms with Gasteiger partial charge in [0.15, 0.2) is 0 Å². The second-order valence-electron chi connectivity index (χ2n) is 12.9. The molecule has 10 nitrogen and oxygen atoms in total. The molecule has 0 unspecified atom stereocenters. The fourth-order valence-electron chi connectivity index (χ4n) is 6.75. The highest BCUT2D eigenvalue weighted by molar-refractivity contribution is 6.36. The predicted octanol–water partition coefficient (Wildman–Crippen LogP) is 5.44. The summed E-state index contributed by atoms with van der Waals surface area (Å²) in [6.45, 7) is 4.25. The molecule has 5 heterocycles. The molecule has 12 heteroatoms. The van der Waals surface area contributed by atoms with Crippen molar-refractivity contribution in [3.63, 3.8) is 0 Å². The Hall–Kier alpha value is -4.61. The van der Waals surface area contributed by atoms with Gasteiger partial charge >= 0.3 is 0 Å². The van der Waals surface area contributed by atoms with Crippen LogP contribution in [0, 0.1) is 6.92 Å². The lowest BCUT2D eigenvalue weighted by Gasteiger charge is -2.16. The summed E-state index contributed by atoms with van der Waals surface area (Å²) in [6.07, 6.45) is 6.13. The minimum absolute atomic E-state index is 0.0695. The first kappa shape index (κ1) is 33.9. The van der Waals surface area contributed by atoms with Gasteiger partial charge in [0.2, 0.25) is 11.8 Å². The van der Waals surface area contributed by atoms with Gasteiger partial charge in [-0.2, -0.15) is 0 Å². The van der Waals surface area contributed by atoms with E-state index in [2.05, 4.69) is 44.2 Å². The molecule has 4 N–H and O–H groups in total. The molecular formula is C38H37Cl2N7O3. The number of carbonyl (C=O) groups excluding carboxylic acids is 2. The van der Waals surface area contributed by atoms with E-state index in [9.17, 15) is 14.4 Å². The molecule has 2 amide bonds. The molecule has 2 aliphatic rings. The molecule has 7 rings (SSSR count). The number of hydrogen-bond donors (Lipinski definition) is 4. The maximum Gasteiger partial charge on any atom is 0.262 e. The topological polar surface area (TPSA) is 130 Å². The molecule has 2 saturated heterocycles. The number of amides is 2. The van der Waals surface area contributed by atoms with Crippen LogP contribution in [0.2, 0.25) is 10.2 Å². The number of nitrogens with one attached hydrogen (secondary N) is 4. The number of benzene rings is 2. The van der Waals surface area contributed by atoms with Crippen molar-refractivity contribution in [2.24, 2.45) is 0 Å². The lowest BCUT2D eigenvalue weighted by atomic mass is 9.92. The van der Waals surface area contributed by atoms with Crippen LogP contribution in [0.3, 0.4) is 0 Å². The molecular weight excluding hydrogens is 673 g/mol. The Morgan fingerprint density at radius 2 is 1.44 bits per heavy atom. The van der Waals surface area contributed by atoms with Gasteiger partial charge in [0.1, 0.15) is 10.8 Å². The summed E-state index contributed by atoms with van der Waals surface area (Å²) in [5.41, 5.74) is 8.11. The number of aromatic nitrogens is 3. The molecule has 2 aromatic carbocycles. The van der Waals surface area contributed by atoms with E-state index < -0.39 is 0 Å². The summed E-state index contributed by atoms with van der Waals surface area (Å²) in [4.78, 5) is 45.5. The van der Waals surface area contributed by atoms with Gasteiger partial charge in [-0.15, -0.1) is 0 Å². The standard InChI is InChI=1S/C38H37Cl2N7O3/c1-22-28(23-14-15-47-33(16-23)43-19-25(38(47)50)18-42-21-27-10-13-35(49)45-27)4-2-5-29(22)30-6-3-7-31(36(30)39)32-11-8-24(37(40)46-32)17-41-20-26-9-12-34(48)44-26/h2-8,11,14-16,19,26-27,41-42H,9-10,12-13,17-18,20-21H2,1H3,(H,44,48)(H,45,49)/t26-,27+/m0/s1. The van der Waals surface area contributed by atoms with Crippen molar-refractivity contribution in [1.82, 2.24) is 35.6 Å². The van der Waals surface area contributed by atoms with Gasteiger partial charge < -0.3 is 21.3 Å². The number of nitrogens with zero attached hydrogens (tertiary/aromatic N) is 3. The first-order valence-electron chi connectivity index (χ1n) is 16.8. The third kappa shape index (κ3) is 7.15. The normalized spacial score (nSPS) is 17.3. The molecule has 0 saturated carbocycles.